The summed E-state index contributed by atoms with van der Waals surface area (Å²) in [6.07, 6.45) is 5.54. The molecule has 1 aromatic carbocycles. The van der Waals surface area contributed by atoms with Gasteiger partial charge in [-0.15, -0.1) is 0 Å². The fourth-order valence-electron chi connectivity index (χ4n) is 5.47. The van der Waals surface area contributed by atoms with E-state index in [1.165, 1.54) is 6.92 Å². The van der Waals surface area contributed by atoms with Crippen molar-refractivity contribution in [3.05, 3.63) is 60.0 Å². The fraction of sp³-hybridized carbons (Fsp3) is 0.500. The van der Waals surface area contributed by atoms with Crippen LogP contribution in [0.25, 0.3) is 16.6 Å². The highest BCUT2D eigenvalue weighted by Gasteiger charge is 2.37. The molecule has 0 aliphatic carbocycles. The molecule has 11 heteroatoms. The molecule has 45 heavy (non-hydrogen) atoms. The zero-order valence-electron chi connectivity index (χ0n) is 30.0. The number of carbonyl (C=O) groups is 4. The molecule has 3 heterocycles. The molecule has 0 radical (unpaired) electrons. The summed E-state index contributed by atoms with van der Waals surface area (Å²) in [6, 6.07) is 6.49. The maximum absolute atomic E-state index is 14.1. The molecular formula is C34H45N5O6. The van der Waals surface area contributed by atoms with Gasteiger partial charge in [-0.05, 0) is 83.2 Å². The van der Waals surface area contributed by atoms with E-state index in [1.54, 1.807) is 71.0 Å². The second-order valence-corrected chi connectivity index (χ2v) is 12.6. The Balaban J connectivity index is 1.58. The number of rotatable bonds is 9. The van der Waals surface area contributed by atoms with E-state index in [1.807, 2.05) is 29.0 Å². The average molecular weight is 623 g/mol. The van der Waals surface area contributed by atoms with Crippen molar-refractivity contribution >= 4 is 34.8 Å². The highest BCUT2D eigenvalue weighted by atomic mass is 16.6. The number of hydrogen-bond donors (Lipinski definition) is 1. The normalized spacial score (nSPS) is 17.6. The quantitative estimate of drug-likeness (QED) is 0.323. The van der Waals surface area contributed by atoms with E-state index in [0.29, 0.717) is 23.4 Å². The van der Waals surface area contributed by atoms with Crippen molar-refractivity contribution in [3.63, 3.8) is 0 Å². The second kappa shape index (κ2) is 13.7. The molecular weight excluding hydrogens is 574 g/mol. The van der Waals surface area contributed by atoms with Gasteiger partial charge in [0.2, 0.25) is 11.8 Å². The Kier molecular flexibility index (Phi) is 8.93. The monoisotopic (exact) mass is 622 g/mol. The number of benzene rings is 1. The Labute approximate surface area is 269 Å². The SMILES string of the molecule is [2H]C([2H])([2H])N(C(=O)OC(C)(C)C)[C@@H](C)C(=O)N[C@H](C(=O)N1CCC[C@H]1c1cncc(-n2ccc3c(C(=O)OCC)cccc32)c1)C(C)C. The molecule has 0 saturated carbocycles. The zero-order valence-corrected chi connectivity index (χ0v) is 27.0. The van der Waals surface area contributed by atoms with Gasteiger partial charge < -0.3 is 24.3 Å². The zero-order chi connectivity index (χ0) is 35.6. The van der Waals surface area contributed by atoms with Gasteiger partial charge in [-0.2, -0.15) is 0 Å². The number of likely N-dealkylation sites (tertiary alicyclic amines) is 1. The minimum absolute atomic E-state index is 0.269. The van der Waals surface area contributed by atoms with E-state index in [-0.39, 0.29) is 24.5 Å². The Bertz CT molecular complexity index is 1660. The van der Waals surface area contributed by atoms with Crippen LogP contribution in [0.4, 0.5) is 4.79 Å². The van der Waals surface area contributed by atoms with Gasteiger partial charge >= 0.3 is 12.1 Å². The molecule has 3 aromatic rings. The predicted octanol–water partition coefficient (Wildman–Crippen LogP) is 5.26. The number of amides is 3. The number of nitrogens with zero attached hydrogens (tertiary/aromatic N) is 4. The van der Waals surface area contributed by atoms with E-state index in [0.717, 1.165) is 28.6 Å². The van der Waals surface area contributed by atoms with Gasteiger partial charge in [0.1, 0.15) is 17.7 Å². The van der Waals surface area contributed by atoms with E-state index in [4.69, 9.17) is 13.6 Å². The smallest absolute Gasteiger partial charge is 0.410 e. The molecule has 1 saturated heterocycles. The number of nitrogens with one attached hydrogen (secondary N) is 1. The highest BCUT2D eigenvalue weighted by Crippen LogP contribution is 2.34. The lowest BCUT2D eigenvalue weighted by atomic mass is 10.00. The van der Waals surface area contributed by atoms with Gasteiger partial charge in [0.15, 0.2) is 0 Å². The molecule has 1 aliphatic rings. The molecule has 0 bridgehead atoms. The van der Waals surface area contributed by atoms with Crippen molar-refractivity contribution in [2.75, 3.05) is 20.1 Å². The molecule has 1 fully saturated rings. The van der Waals surface area contributed by atoms with Gasteiger partial charge in [-0.1, -0.05) is 19.9 Å². The number of likely N-dealkylation sites (N-methyl/N-ethyl adjacent to an activating group) is 1. The summed E-state index contributed by atoms with van der Waals surface area (Å²) in [4.78, 5) is 59.5. The standard InChI is InChI=1S/C34H45N5O6/c1-9-44-32(42)26-12-10-13-28-25(26)15-17-38(28)24-18-23(19-35-20-24)27-14-11-16-39(27)31(41)29(21(2)3)36-30(40)22(4)37(8)33(43)45-34(5,6)7/h10,12-13,15,17-22,27,29H,9,11,14,16H2,1-8H3,(H,36,40)/t22-,27-,29-/m0/s1/i8D3. The summed E-state index contributed by atoms with van der Waals surface area (Å²) in [5.41, 5.74) is 1.84. The van der Waals surface area contributed by atoms with E-state index in [2.05, 4.69) is 10.3 Å². The Morgan fingerprint density at radius 1 is 1.16 bits per heavy atom. The van der Waals surface area contributed by atoms with Crippen molar-refractivity contribution in [1.29, 1.82) is 0 Å². The minimum atomic E-state index is -2.96. The highest BCUT2D eigenvalue weighted by molar-refractivity contribution is 6.04. The molecule has 0 spiro atoms. The van der Waals surface area contributed by atoms with Crippen LogP contribution in [0.2, 0.25) is 0 Å². The lowest BCUT2D eigenvalue weighted by molar-refractivity contribution is -0.139. The van der Waals surface area contributed by atoms with Crippen LogP contribution < -0.4 is 5.32 Å². The van der Waals surface area contributed by atoms with Crippen LogP contribution in [0.5, 0.6) is 0 Å². The van der Waals surface area contributed by atoms with Crippen molar-refractivity contribution in [2.24, 2.45) is 5.92 Å². The van der Waals surface area contributed by atoms with Crippen molar-refractivity contribution < 1.29 is 32.8 Å². The van der Waals surface area contributed by atoms with Gasteiger partial charge in [0.25, 0.3) is 0 Å². The lowest BCUT2D eigenvalue weighted by Crippen LogP contribution is -2.55. The van der Waals surface area contributed by atoms with E-state index in [9.17, 15) is 19.2 Å². The maximum atomic E-state index is 14.1. The summed E-state index contributed by atoms with van der Waals surface area (Å²) in [5, 5.41) is 3.47. The van der Waals surface area contributed by atoms with Crippen molar-refractivity contribution in [2.45, 2.75) is 85.0 Å². The third-order valence-corrected chi connectivity index (χ3v) is 7.76. The summed E-state index contributed by atoms with van der Waals surface area (Å²) in [7, 11) is 0. The van der Waals surface area contributed by atoms with Crippen LogP contribution in [0, 0.1) is 5.92 Å². The molecule has 0 unspecified atom stereocenters. The first-order valence-electron chi connectivity index (χ1n) is 16.8. The fourth-order valence-corrected chi connectivity index (χ4v) is 5.47. The molecule has 2 aromatic heterocycles. The summed E-state index contributed by atoms with van der Waals surface area (Å²) in [5.74, 6) is -1.85. The summed E-state index contributed by atoms with van der Waals surface area (Å²) >= 11 is 0. The number of pyridine rings is 1. The van der Waals surface area contributed by atoms with Crippen LogP contribution in [-0.4, -0.2) is 81.0 Å². The maximum Gasteiger partial charge on any atom is 0.410 e. The first kappa shape index (κ1) is 29.3. The van der Waals surface area contributed by atoms with Gasteiger partial charge in [-0.25, -0.2) is 9.59 Å². The van der Waals surface area contributed by atoms with E-state index < -0.39 is 42.6 Å². The number of carbonyl (C=O) groups excluding carboxylic acids is 4. The molecule has 242 valence electrons. The van der Waals surface area contributed by atoms with Gasteiger partial charge in [0.05, 0.1) is 35.6 Å². The molecule has 4 rings (SSSR count). The largest absolute Gasteiger partial charge is 0.462 e. The lowest BCUT2D eigenvalue weighted by Gasteiger charge is -2.33. The van der Waals surface area contributed by atoms with Crippen molar-refractivity contribution in [1.82, 2.24) is 24.7 Å². The molecule has 3 atom stereocenters. The number of hydrogen-bond acceptors (Lipinski definition) is 7. The Morgan fingerprint density at radius 2 is 1.91 bits per heavy atom. The predicted molar refractivity (Wildman–Crippen MR) is 171 cm³/mol. The van der Waals surface area contributed by atoms with Gasteiger partial charge in [-0.3, -0.25) is 19.5 Å². The molecule has 1 aliphatic heterocycles. The number of ether oxygens (including phenoxy) is 2. The number of esters is 1. The third-order valence-electron chi connectivity index (χ3n) is 7.76. The van der Waals surface area contributed by atoms with Crippen LogP contribution in [0.3, 0.4) is 0 Å². The average Bonchev–Trinajstić information content (AvgIpc) is 3.66. The number of aromatic nitrogens is 2. The first-order chi connectivity index (χ1) is 22.4. The Morgan fingerprint density at radius 3 is 2.58 bits per heavy atom. The first-order valence-corrected chi connectivity index (χ1v) is 15.3. The van der Waals surface area contributed by atoms with Crippen molar-refractivity contribution in [3.8, 4) is 5.69 Å². The summed E-state index contributed by atoms with van der Waals surface area (Å²) < 4.78 is 36.1. The summed E-state index contributed by atoms with van der Waals surface area (Å²) in [6.45, 7) is 9.20. The molecule has 1 N–H and O–H groups in total. The van der Waals surface area contributed by atoms with Crippen LogP contribution in [0.15, 0.2) is 48.9 Å². The van der Waals surface area contributed by atoms with Crippen LogP contribution >= 0.6 is 0 Å². The second-order valence-electron chi connectivity index (χ2n) is 12.6. The topological polar surface area (TPSA) is 123 Å². The Hall–Kier alpha value is -4.41. The minimum Gasteiger partial charge on any atom is -0.462 e. The van der Waals surface area contributed by atoms with Crippen LogP contribution in [-0.2, 0) is 19.1 Å². The third kappa shape index (κ3) is 7.46. The van der Waals surface area contributed by atoms with E-state index >= 15 is 0 Å². The molecule has 11 nitrogen and oxygen atoms in total. The van der Waals surface area contributed by atoms with Gasteiger partial charge in [0, 0.05) is 35.4 Å². The number of fused-ring (bicyclic) bond motifs is 1. The molecule has 3 amide bonds. The van der Waals surface area contributed by atoms with Crippen LogP contribution in [0.1, 0.15) is 87.4 Å².